The summed E-state index contributed by atoms with van der Waals surface area (Å²) < 4.78 is 4.80. The molecule has 16 heavy (non-hydrogen) atoms. The lowest BCUT2D eigenvalue weighted by atomic mass is 9.77. The second-order valence-electron chi connectivity index (χ2n) is 4.50. The predicted octanol–water partition coefficient (Wildman–Crippen LogP) is 2.44. The summed E-state index contributed by atoms with van der Waals surface area (Å²) in [6.07, 6.45) is 9.00. The molecule has 1 aliphatic carbocycles. The lowest BCUT2D eigenvalue weighted by Crippen LogP contribution is -2.42. The van der Waals surface area contributed by atoms with Crippen LogP contribution in [0.5, 0.6) is 0 Å². The third-order valence-corrected chi connectivity index (χ3v) is 3.29. The molecule has 0 saturated carbocycles. The number of methoxy groups -OCH3 is 1. The second kappa shape index (κ2) is 6.04. The van der Waals surface area contributed by atoms with E-state index in [1.165, 1.54) is 7.11 Å². The summed E-state index contributed by atoms with van der Waals surface area (Å²) in [4.78, 5) is 11.7. The molecule has 0 radical (unpaired) electrons. The van der Waals surface area contributed by atoms with Gasteiger partial charge in [-0.3, -0.25) is 4.79 Å². The molecule has 0 aromatic rings. The Morgan fingerprint density at radius 1 is 1.62 bits per heavy atom. The largest absolute Gasteiger partial charge is 0.469 e. The number of unbranched alkanes of at least 4 members (excludes halogenated alkanes) is 1. The smallest absolute Gasteiger partial charge is 0.311 e. The van der Waals surface area contributed by atoms with Crippen molar-refractivity contribution in [3.63, 3.8) is 0 Å². The highest BCUT2D eigenvalue weighted by Gasteiger charge is 2.40. The van der Waals surface area contributed by atoms with Crippen molar-refractivity contribution in [1.29, 1.82) is 0 Å². The van der Waals surface area contributed by atoms with Gasteiger partial charge in [0.1, 0.15) is 0 Å². The minimum absolute atomic E-state index is 0.289. The fraction of sp³-hybridized carbons (Fsp3) is 0.769. The first-order chi connectivity index (χ1) is 7.64. The third kappa shape index (κ3) is 3.08. The Morgan fingerprint density at radius 3 is 2.88 bits per heavy atom. The zero-order valence-corrected chi connectivity index (χ0v) is 10.2. The van der Waals surface area contributed by atoms with Crippen LogP contribution in [-0.4, -0.2) is 23.8 Å². The van der Waals surface area contributed by atoms with Crippen molar-refractivity contribution >= 4 is 5.97 Å². The minimum atomic E-state index is -0.986. The first-order valence-corrected chi connectivity index (χ1v) is 6.12. The van der Waals surface area contributed by atoms with E-state index >= 15 is 0 Å². The number of carbonyl (C=O) groups excluding carboxylic acids is 1. The molecule has 0 aromatic carbocycles. The van der Waals surface area contributed by atoms with Crippen LogP contribution >= 0.6 is 0 Å². The van der Waals surface area contributed by atoms with Gasteiger partial charge < -0.3 is 9.84 Å². The Morgan fingerprint density at radius 2 is 2.38 bits per heavy atom. The van der Waals surface area contributed by atoms with Crippen LogP contribution in [0.15, 0.2) is 12.2 Å². The lowest BCUT2D eigenvalue weighted by Gasteiger charge is -2.34. The SMILES string of the molecule is CCCCC(C(=O)OC)C1(O)C=CCCC1. The number of rotatable bonds is 5. The Kier molecular flexibility index (Phi) is 5.00. The highest BCUT2D eigenvalue weighted by Crippen LogP contribution is 2.33. The predicted molar refractivity (Wildman–Crippen MR) is 63.0 cm³/mol. The van der Waals surface area contributed by atoms with Crippen molar-refractivity contribution in [1.82, 2.24) is 0 Å². The average molecular weight is 226 g/mol. The van der Waals surface area contributed by atoms with Crippen LogP contribution in [-0.2, 0) is 9.53 Å². The van der Waals surface area contributed by atoms with Gasteiger partial charge in [0.15, 0.2) is 0 Å². The maximum absolute atomic E-state index is 11.7. The topological polar surface area (TPSA) is 46.5 Å². The third-order valence-electron chi connectivity index (χ3n) is 3.29. The zero-order valence-electron chi connectivity index (χ0n) is 10.2. The number of ether oxygens (including phenoxy) is 1. The number of hydrogen-bond donors (Lipinski definition) is 1. The van der Waals surface area contributed by atoms with Crippen molar-refractivity contribution in [3.05, 3.63) is 12.2 Å². The highest BCUT2D eigenvalue weighted by molar-refractivity contribution is 5.74. The van der Waals surface area contributed by atoms with Crippen molar-refractivity contribution in [3.8, 4) is 0 Å². The quantitative estimate of drug-likeness (QED) is 0.578. The van der Waals surface area contributed by atoms with Crippen molar-refractivity contribution in [2.24, 2.45) is 5.92 Å². The number of aliphatic hydroxyl groups is 1. The maximum atomic E-state index is 11.7. The normalized spacial score (nSPS) is 26.4. The number of esters is 1. The van der Waals surface area contributed by atoms with Crippen molar-refractivity contribution in [2.75, 3.05) is 7.11 Å². The molecule has 0 heterocycles. The van der Waals surface area contributed by atoms with E-state index in [4.69, 9.17) is 4.74 Å². The van der Waals surface area contributed by atoms with E-state index in [1.54, 1.807) is 6.08 Å². The Bertz CT molecular complexity index is 260. The summed E-state index contributed by atoms with van der Waals surface area (Å²) in [5, 5.41) is 10.5. The van der Waals surface area contributed by atoms with Gasteiger partial charge in [-0.15, -0.1) is 0 Å². The van der Waals surface area contributed by atoms with E-state index in [-0.39, 0.29) is 5.97 Å². The van der Waals surface area contributed by atoms with Crippen LogP contribution in [0.25, 0.3) is 0 Å². The fourth-order valence-corrected chi connectivity index (χ4v) is 2.29. The van der Waals surface area contributed by atoms with Crippen LogP contribution < -0.4 is 0 Å². The van der Waals surface area contributed by atoms with Gasteiger partial charge in [-0.05, 0) is 25.7 Å². The van der Waals surface area contributed by atoms with E-state index in [1.807, 2.05) is 6.08 Å². The first kappa shape index (κ1) is 13.2. The van der Waals surface area contributed by atoms with Gasteiger partial charge in [-0.2, -0.15) is 0 Å². The van der Waals surface area contributed by atoms with E-state index in [2.05, 4.69) is 6.92 Å². The molecule has 0 aromatic heterocycles. The zero-order chi connectivity index (χ0) is 12.0. The molecule has 1 aliphatic rings. The van der Waals surface area contributed by atoms with Gasteiger partial charge in [0.25, 0.3) is 0 Å². The number of hydrogen-bond acceptors (Lipinski definition) is 3. The van der Waals surface area contributed by atoms with Gasteiger partial charge in [-0.25, -0.2) is 0 Å². The fourth-order valence-electron chi connectivity index (χ4n) is 2.29. The molecule has 0 aliphatic heterocycles. The van der Waals surface area contributed by atoms with E-state index < -0.39 is 11.5 Å². The van der Waals surface area contributed by atoms with Crippen LogP contribution in [0, 0.1) is 5.92 Å². The number of allylic oxidation sites excluding steroid dienone is 1. The molecule has 0 saturated heterocycles. The summed E-state index contributed by atoms with van der Waals surface area (Å²) in [5.41, 5.74) is -0.986. The summed E-state index contributed by atoms with van der Waals surface area (Å²) in [6, 6.07) is 0. The van der Waals surface area contributed by atoms with Crippen LogP contribution in [0.4, 0.5) is 0 Å². The summed E-state index contributed by atoms with van der Waals surface area (Å²) in [7, 11) is 1.39. The van der Waals surface area contributed by atoms with Crippen LogP contribution in [0.1, 0.15) is 45.4 Å². The first-order valence-electron chi connectivity index (χ1n) is 6.12. The molecule has 1 N–H and O–H groups in total. The molecule has 1 rings (SSSR count). The molecule has 3 nitrogen and oxygen atoms in total. The van der Waals surface area contributed by atoms with Gasteiger partial charge in [0.2, 0.25) is 0 Å². The van der Waals surface area contributed by atoms with E-state index in [0.29, 0.717) is 12.8 Å². The maximum Gasteiger partial charge on any atom is 0.311 e. The van der Waals surface area contributed by atoms with Crippen LogP contribution in [0.3, 0.4) is 0 Å². The van der Waals surface area contributed by atoms with Crippen molar-refractivity contribution in [2.45, 2.75) is 51.0 Å². The molecule has 2 unspecified atom stereocenters. The second-order valence-corrected chi connectivity index (χ2v) is 4.50. The molecule has 92 valence electrons. The van der Waals surface area contributed by atoms with Gasteiger partial charge in [0, 0.05) is 0 Å². The Labute approximate surface area is 97.5 Å². The summed E-state index contributed by atoms with van der Waals surface area (Å²) >= 11 is 0. The standard InChI is InChI=1S/C13H22O3/c1-3-4-8-11(12(14)16-2)13(15)9-6-5-7-10-13/h6,9,11,15H,3-5,7-8,10H2,1-2H3. The van der Waals surface area contributed by atoms with Gasteiger partial charge in [0.05, 0.1) is 18.6 Å². The molecule has 0 fully saturated rings. The lowest BCUT2D eigenvalue weighted by molar-refractivity contribution is -0.154. The van der Waals surface area contributed by atoms with E-state index in [0.717, 1.165) is 25.7 Å². The highest BCUT2D eigenvalue weighted by atomic mass is 16.5. The Hall–Kier alpha value is -0.830. The van der Waals surface area contributed by atoms with Crippen molar-refractivity contribution < 1.29 is 14.6 Å². The van der Waals surface area contributed by atoms with E-state index in [9.17, 15) is 9.90 Å². The molecule has 2 atom stereocenters. The summed E-state index contributed by atoms with van der Waals surface area (Å²) in [5.74, 6) is -0.698. The van der Waals surface area contributed by atoms with Gasteiger partial charge >= 0.3 is 5.97 Å². The monoisotopic (exact) mass is 226 g/mol. The van der Waals surface area contributed by atoms with Crippen LogP contribution in [0.2, 0.25) is 0 Å². The molecule has 3 heteroatoms. The Balaban J connectivity index is 2.77. The summed E-state index contributed by atoms with van der Waals surface area (Å²) in [6.45, 7) is 2.08. The number of carbonyl (C=O) groups is 1. The average Bonchev–Trinajstić information content (AvgIpc) is 2.30. The van der Waals surface area contributed by atoms with Gasteiger partial charge in [-0.1, -0.05) is 31.9 Å². The molecular formula is C13H22O3. The molecule has 0 bridgehead atoms. The minimum Gasteiger partial charge on any atom is -0.469 e. The molecule has 0 spiro atoms. The molecule has 0 amide bonds. The molecular weight excluding hydrogens is 204 g/mol.